The molecule has 0 radical (unpaired) electrons. The predicted molar refractivity (Wildman–Crippen MR) is 175 cm³/mol. The number of rotatable bonds is 9. The number of anilines is 3. The summed E-state index contributed by atoms with van der Waals surface area (Å²) in [6, 6.07) is 12.3. The number of benzene rings is 1. The zero-order valence-electron chi connectivity index (χ0n) is 28.1. The van der Waals surface area contributed by atoms with Crippen molar-refractivity contribution >= 4 is 41.5 Å². The molecule has 15 nitrogen and oxygen atoms in total. The zero-order valence-corrected chi connectivity index (χ0v) is 28.1. The van der Waals surface area contributed by atoms with Gasteiger partial charge in [-0.3, -0.25) is 0 Å². The molecule has 53 heavy (non-hydrogen) atoms. The van der Waals surface area contributed by atoms with Crippen molar-refractivity contribution in [3.63, 3.8) is 0 Å². The fourth-order valence-corrected chi connectivity index (χ4v) is 4.81. The van der Waals surface area contributed by atoms with Crippen molar-refractivity contribution in [1.29, 1.82) is 0 Å². The number of pyridine rings is 1. The average molecular weight is 760 g/mol. The monoisotopic (exact) mass is 759 g/mol. The maximum atomic E-state index is 12.2. The van der Waals surface area contributed by atoms with Crippen LogP contribution in [0.4, 0.5) is 48.6 Å². The number of alkyl carbamates (subject to hydrolysis) is 1. The Morgan fingerprint density at radius 2 is 1.53 bits per heavy atom. The smallest absolute Gasteiger partial charge is 0.480 e. The zero-order chi connectivity index (χ0) is 39.5. The number of alkyl halides is 6. The Balaban J connectivity index is 0.000000458. The van der Waals surface area contributed by atoms with Crippen molar-refractivity contribution in [3.05, 3.63) is 70.7 Å². The van der Waals surface area contributed by atoms with Gasteiger partial charge >= 0.3 is 36.4 Å². The summed E-state index contributed by atoms with van der Waals surface area (Å²) in [5, 5.41) is 32.8. The highest BCUT2D eigenvalue weighted by Gasteiger charge is 2.39. The molecular formula is C32H35F6N7O8. The highest BCUT2D eigenvalue weighted by Crippen LogP contribution is 2.34. The largest absolute Gasteiger partial charge is 0.490 e. The molecule has 2 aromatic heterocycles. The van der Waals surface area contributed by atoms with Gasteiger partial charge in [0.05, 0.1) is 0 Å². The molecule has 1 unspecified atom stereocenters. The van der Waals surface area contributed by atoms with Crippen LogP contribution in [0.5, 0.6) is 0 Å². The summed E-state index contributed by atoms with van der Waals surface area (Å²) in [4.78, 5) is 58.0. The van der Waals surface area contributed by atoms with Gasteiger partial charge in [0.25, 0.3) is 0 Å². The Labute approximate surface area is 297 Å². The van der Waals surface area contributed by atoms with Crippen LogP contribution in [0.1, 0.15) is 40.5 Å². The summed E-state index contributed by atoms with van der Waals surface area (Å²) >= 11 is 0. The van der Waals surface area contributed by atoms with Gasteiger partial charge in [-0.25, -0.2) is 34.1 Å². The average Bonchev–Trinajstić information content (AvgIpc) is 3.06. The summed E-state index contributed by atoms with van der Waals surface area (Å²) in [6.45, 7) is 6.22. The minimum Gasteiger partial charge on any atom is -0.480 e. The third-order valence-electron chi connectivity index (χ3n) is 7.51. The Kier molecular flexibility index (Phi) is 14.1. The van der Waals surface area contributed by atoms with Crippen LogP contribution in [0.15, 0.2) is 42.5 Å². The predicted octanol–water partition coefficient (Wildman–Crippen LogP) is 4.51. The van der Waals surface area contributed by atoms with Crippen molar-refractivity contribution in [1.82, 2.24) is 20.3 Å². The summed E-state index contributed by atoms with van der Waals surface area (Å²) in [6.07, 6.45) is -8.77. The number of carbonyl (C=O) groups is 4. The van der Waals surface area contributed by atoms with E-state index in [1.165, 1.54) is 5.56 Å². The minimum absolute atomic E-state index is 0.0499. The molecule has 3 aromatic rings. The highest BCUT2D eigenvalue weighted by molar-refractivity contribution is 5.80. The molecule has 288 valence electrons. The van der Waals surface area contributed by atoms with E-state index in [1.807, 2.05) is 37.3 Å². The molecule has 1 saturated heterocycles. The van der Waals surface area contributed by atoms with E-state index >= 15 is 0 Å². The molecule has 21 heteroatoms. The second-order valence-corrected chi connectivity index (χ2v) is 11.5. The number of fused-ring (bicyclic) bond motifs is 1. The van der Waals surface area contributed by atoms with Gasteiger partial charge in [0.2, 0.25) is 0 Å². The molecule has 6 N–H and O–H groups in total. The summed E-state index contributed by atoms with van der Waals surface area (Å²) in [5.74, 6) is -3.47. The van der Waals surface area contributed by atoms with Gasteiger partial charge in [0.15, 0.2) is 0 Å². The van der Waals surface area contributed by atoms with E-state index < -0.39 is 42.4 Å². The Morgan fingerprint density at radius 1 is 0.925 bits per heavy atom. The van der Waals surface area contributed by atoms with E-state index in [1.54, 1.807) is 6.92 Å². The number of nitrogens with zero attached hydrogens (tertiary/aromatic N) is 4. The number of ether oxygens (including phenoxy) is 1. The number of carbonyl (C=O) groups excluding carboxylic acids is 1. The third-order valence-corrected chi connectivity index (χ3v) is 7.51. The number of halogens is 6. The van der Waals surface area contributed by atoms with E-state index in [0.717, 1.165) is 60.9 Å². The summed E-state index contributed by atoms with van der Waals surface area (Å²) in [5.41, 5.74) is 3.98. The Bertz CT molecular complexity index is 1730. The van der Waals surface area contributed by atoms with Gasteiger partial charge in [-0.05, 0) is 43.9 Å². The van der Waals surface area contributed by atoms with Crippen molar-refractivity contribution < 1.29 is 65.6 Å². The van der Waals surface area contributed by atoms with Gasteiger partial charge in [0, 0.05) is 43.4 Å². The van der Waals surface area contributed by atoms with Crippen LogP contribution in [0.25, 0.3) is 0 Å². The van der Waals surface area contributed by atoms with Crippen molar-refractivity contribution in [2.24, 2.45) is 0 Å². The normalized spacial score (nSPS) is 14.3. The summed E-state index contributed by atoms with van der Waals surface area (Å²) in [7, 11) is 0. The van der Waals surface area contributed by atoms with E-state index in [-0.39, 0.29) is 13.2 Å². The molecule has 5 rings (SSSR count). The number of aryl methyl sites for hydroxylation is 2. The van der Waals surface area contributed by atoms with Crippen LogP contribution in [0.3, 0.4) is 0 Å². The van der Waals surface area contributed by atoms with Crippen LogP contribution < -0.4 is 20.9 Å². The second-order valence-electron chi connectivity index (χ2n) is 11.5. The third kappa shape index (κ3) is 12.7. The van der Waals surface area contributed by atoms with Crippen LogP contribution in [0.2, 0.25) is 0 Å². The maximum Gasteiger partial charge on any atom is 0.490 e. The lowest BCUT2D eigenvalue weighted by atomic mass is 9.94. The van der Waals surface area contributed by atoms with Crippen LogP contribution in [-0.2, 0) is 32.1 Å². The molecule has 0 saturated carbocycles. The van der Waals surface area contributed by atoms with E-state index in [0.29, 0.717) is 17.6 Å². The molecule has 1 aromatic carbocycles. The molecular weight excluding hydrogens is 724 g/mol. The fraction of sp³-hybridized carbons (Fsp3) is 0.406. The molecule has 2 aliphatic heterocycles. The first-order chi connectivity index (χ1) is 24.8. The Morgan fingerprint density at radius 3 is 2.09 bits per heavy atom. The number of carboxylic acids is 3. The number of aromatic nitrogens is 3. The molecule has 4 heterocycles. The fourth-order valence-electron chi connectivity index (χ4n) is 4.81. The molecule has 0 bridgehead atoms. The number of hydrogen-bond donors (Lipinski definition) is 6. The SMILES string of the molecule is Cc1nc(NCC(NC(=O)OCc2ccccc2)C(=O)O)c(C)c(N2CC(c3ccc4c(n3)NCCC4)C2)n1.O=C(O)C(F)(F)F.O=C(O)C(F)(F)F. The maximum absolute atomic E-state index is 12.2. The summed E-state index contributed by atoms with van der Waals surface area (Å²) < 4.78 is 68.6. The van der Waals surface area contributed by atoms with Gasteiger partial charge < -0.3 is 40.9 Å². The lowest BCUT2D eigenvalue weighted by Gasteiger charge is -2.41. The first kappa shape index (κ1) is 41.5. The van der Waals surface area contributed by atoms with Crippen LogP contribution >= 0.6 is 0 Å². The lowest BCUT2D eigenvalue weighted by Crippen LogP contribution is -2.47. The molecule has 1 fully saturated rings. The van der Waals surface area contributed by atoms with Crippen LogP contribution in [0, 0.1) is 13.8 Å². The first-order valence-corrected chi connectivity index (χ1v) is 15.6. The van der Waals surface area contributed by atoms with E-state index in [9.17, 15) is 41.0 Å². The van der Waals surface area contributed by atoms with E-state index in [2.05, 4.69) is 43.0 Å². The van der Waals surface area contributed by atoms with Gasteiger partial charge in [-0.2, -0.15) is 26.3 Å². The Hall–Kier alpha value is -5.89. The topological polar surface area (TPSA) is 216 Å². The van der Waals surface area contributed by atoms with Gasteiger partial charge in [-0.15, -0.1) is 0 Å². The minimum atomic E-state index is -5.08. The molecule has 0 spiro atoms. The molecule has 1 atom stereocenters. The van der Waals surface area contributed by atoms with Gasteiger partial charge in [0.1, 0.15) is 35.9 Å². The van der Waals surface area contributed by atoms with Gasteiger partial charge in [-0.1, -0.05) is 36.4 Å². The first-order valence-electron chi connectivity index (χ1n) is 15.6. The van der Waals surface area contributed by atoms with Crippen molar-refractivity contribution in [2.75, 3.05) is 41.7 Å². The quantitative estimate of drug-likeness (QED) is 0.166. The number of aliphatic carboxylic acids is 3. The van der Waals surface area contributed by atoms with E-state index in [4.69, 9.17) is 29.5 Å². The molecule has 0 aliphatic carbocycles. The number of amides is 1. The second kappa shape index (κ2) is 18.0. The standard InChI is InChI=1S/C28H33N7O4.2C2HF3O2/c1-17-24(30-13-23(27(36)37)34-28(38)39-16-19-7-4-3-5-8-19)31-18(2)32-26(17)35-14-21(15-35)22-11-10-20-9-6-12-29-25(20)33-22;2*3-2(4,5)1(6)7/h3-5,7-8,10-11,21,23H,6,9,12-16H2,1-2H3,(H,29,33)(H,34,38)(H,36,37)(H,30,31,32);2*(H,6,7). The number of hydrogen-bond acceptors (Lipinski definition) is 11. The van der Waals surface area contributed by atoms with Crippen molar-refractivity contribution in [2.45, 2.75) is 57.6 Å². The van der Waals surface area contributed by atoms with Crippen molar-refractivity contribution in [3.8, 4) is 0 Å². The highest BCUT2D eigenvalue weighted by atomic mass is 19.4. The lowest BCUT2D eigenvalue weighted by molar-refractivity contribution is -0.193. The number of nitrogens with one attached hydrogen (secondary N) is 3. The molecule has 1 amide bonds. The molecule has 2 aliphatic rings. The van der Waals surface area contributed by atoms with Crippen LogP contribution in [-0.4, -0.2) is 98.8 Å². The number of carboxylic acid groups (broad SMARTS) is 3.